The van der Waals surface area contributed by atoms with Gasteiger partial charge in [0.2, 0.25) is 31.2 Å². The second-order valence-corrected chi connectivity index (χ2v) is 18.8. The monoisotopic (exact) mass is 909 g/mol. The highest BCUT2D eigenvalue weighted by Gasteiger charge is 2.47. The number of rotatable bonds is 10. The summed E-state index contributed by atoms with van der Waals surface area (Å²) in [6.07, 6.45) is 7.34. The van der Waals surface area contributed by atoms with Crippen LogP contribution in [0, 0.1) is 0 Å². The van der Waals surface area contributed by atoms with Gasteiger partial charge in [-0.3, -0.25) is 9.59 Å². The Morgan fingerprint density at radius 3 is 1.49 bits per heavy atom. The SMILES string of the molecule is NC(N)=Nc1ncc(Cl)c2ccc(S(=O)(=O)NC3(C(=O)Cl)CCCC3)cc12.NC(N)=Nc1ncc(Cl)c2ccc(S(=O)(=O)NC3(C(=O)N4CCOCC4)CCCC3)cc12. The third-order valence-corrected chi connectivity index (χ3v) is 14.4. The number of nitrogens with one attached hydrogen (secondary N) is 2. The molecule has 2 saturated carbocycles. The largest absolute Gasteiger partial charge is 0.378 e. The standard InChI is InChI=1S/C20H25ClN6O4S.C16H17Cl2N5O3S/c21-16-12-24-17(25-19(22)23)15-11-13(3-4-14(15)16)32(29,30)26-20(5-1-2-6-20)18(28)27-7-9-31-10-8-27;17-12-8-21-13(22-15(19)20)11-7-9(3-4-10(11)12)27(25,26)23-16(14(18)24)5-1-2-6-16/h3-4,11-12,26H,1-2,5-10H2,(H4,22,23,24,25);3-4,7-8,23H,1-2,5-6H2,(H4,19,20,21,22). The maximum Gasteiger partial charge on any atom is 0.244 e. The Labute approximate surface area is 355 Å². The van der Waals surface area contributed by atoms with E-state index in [0.717, 1.165) is 12.8 Å². The van der Waals surface area contributed by atoms with Crippen molar-refractivity contribution in [1.29, 1.82) is 0 Å². The molecule has 3 fully saturated rings. The lowest BCUT2D eigenvalue weighted by Crippen LogP contribution is -2.59. The number of morpholine rings is 1. The number of amides is 1. The van der Waals surface area contributed by atoms with Gasteiger partial charge < -0.3 is 32.6 Å². The molecule has 3 heterocycles. The van der Waals surface area contributed by atoms with E-state index in [1.165, 1.54) is 42.7 Å². The minimum Gasteiger partial charge on any atom is -0.378 e. The molecule has 59 heavy (non-hydrogen) atoms. The average molecular weight is 911 g/mol. The quantitative estimate of drug-likeness (QED) is 0.0757. The van der Waals surface area contributed by atoms with Crippen LogP contribution in [-0.2, 0) is 34.4 Å². The number of hydrogen-bond acceptors (Lipinski definition) is 11. The number of carbonyl (C=O) groups is 2. The van der Waals surface area contributed by atoms with Crippen molar-refractivity contribution in [3.05, 3.63) is 58.8 Å². The molecule has 1 amide bonds. The zero-order valence-corrected chi connectivity index (χ0v) is 35.4. The summed E-state index contributed by atoms with van der Waals surface area (Å²) in [7, 11) is -8.08. The van der Waals surface area contributed by atoms with Crippen molar-refractivity contribution in [3.8, 4) is 0 Å². The predicted octanol–water partition coefficient (Wildman–Crippen LogP) is 3.39. The number of carbonyl (C=O) groups excluding carboxylic acids is 2. The highest BCUT2D eigenvalue weighted by Crippen LogP contribution is 2.37. The molecule has 0 radical (unpaired) electrons. The van der Waals surface area contributed by atoms with Crippen LogP contribution in [0.2, 0.25) is 10.0 Å². The fourth-order valence-corrected chi connectivity index (χ4v) is 11.1. The van der Waals surface area contributed by atoms with Gasteiger partial charge in [0.1, 0.15) is 11.1 Å². The van der Waals surface area contributed by atoms with E-state index < -0.39 is 36.4 Å². The third-order valence-electron chi connectivity index (χ3n) is 10.3. The van der Waals surface area contributed by atoms with Crippen molar-refractivity contribution in [2.24, 2.45) is 32.9 Å². The molecule has 10 N–H and O–H groups in total. The topological polar surface area (TPSA) is 294 Å². The molecule has 7 rings (SSSR count). The van der Waals surface area contributed by atoms with E-state index in [-0.39, 0.29) is 39.3 Å². The Morgan fingerprint density at radius 1 is 0.678 bits per heavy atom. The number of hydrogen-bond donors (Lipinski definition) is 6. The van der Waals surface area contributed by atoms with E-state index in [1.54, 1.807) is 11.0 Å². The van der Waals surface area contributed by atoms with E-state index in [4.69, 9.17) is 62.5 Å². The summed E-state index contributed by atoms with van der Waals surface area (Å²) in [5.41, 5.74) is 19.3. The molecule has 0 bridgehead atoms. The number of guanidine groups is 2. The maximum absolute atomic E-state index is 13.4. The van der Waals surface area contributed by atoms with Crippen LogP contribution >= 0.6 is 34.8 Å². The third kappa shape index (κ3) is 9.65. The number of aliphatic imine (C=N–C) groups is 2. The van der Waals surface area contributed by atoms with Crippen molar-refractivity contribution >= 4 is 111 Å². The van der Waals surface area contributed by atoms with Gasteiger partial charge in [0.25, 0.3) is 0 Å². The Hall–Kier alpha value is -4.41. The number of sulfonamides is 2. The van der Waals surface area contributed by atoms with E-state index in [1.807, 2.05) is 0 Å². The van der Waals surface area contributed by atoms with E-state index in [9.17, 15) is 26.4 Å². The zero-order valence-electron chi connectivity index (χ0n) is 31.5. The molecular weight excluding hydrogens is 869 g/mol. The van der Waals surface area contributed by atoms with Gasteiger partial charge in [-0.05, 0) is 61.5 Å². The van der Waals surface area contributed by atoms with Crippen LogP contribution in [0.25, 0.3) is 21.5 Å². The summed E-state index contributed by atoms with van der Waals surface area (Å²) in [6.45, 7) is 1.79. The first-order chi connectivity index (χ1) is 27.9. The van der Waals surface area contributed by atoms with Crippen molar-refractivity contribution in [2.45, 2.75) is 72.2 Å². The second kappa shape index (κ2) is 17.7. The van der Waals surface area contributed by atoms with Crippen molar-refractivity contribution < 1.29 is 31.2 Å². The first kappa shape index (κ1) is 44.2. The summed E-state index contributed by atoms with van der Waals surface area (Å²) < 4.78 is 63.1. The molecular formula is C36H42Cl3N11O7S2. The van der Waals surface area contributed by atoms with Gasteiger partial charge in [-0.1, -0.05) is 61.0 Å². The molecule has 2 aromatic heterocycles. The van der Waals surface area contributed by atoms with Crippen LogP contribution in [-0.4, -0.2) is 92.2 Å². The molecule has 1 saturated heterocycles. The highest BCUT2D eigenvalue weighted by molar-refractivity contribution is 7.90. The maximum atomic E-state index is 13.4. The fourth-order valence-electron chi connectivity index (χ4n) is 7.46. The van der Waals surface area contributed by atoms with Crippen molar-refractivity contribution in [3.63, 3.8) is 0 Å². The Morgan fingerprint density at radius 2 is 1.08 bits per heavy atom. The lowest BCUT2D eigenvalue weighted by molar-refractivity contribution is -0.141. The van der Waals surface area contributed by atoms with E-state index >= 15 is 0 Å². The number of pyridine rings is 2. The van der Waals surface area contributed by atoms with Gasteiger partial charge in [-0.2, -0.15) is 19.4 Å². The van der Waals surface area contributed by atoms with Gasteiger partial charge in [-0.25, -0.2) is 26.8 Å². The molecule has 316 valence electrons. The summed E-state index contributed by atoms with van der Waals surface area (Å²) in [4.78, 5) is 42.8. The highest BCUT2D eigenvalue weighted by atomic mass is 35.5. The molecule has 1 aliphatic heterocycles. The Bertz CT molecular complexity index is 2570. The smallest absolute Gasteiger partial charge is 0.244 e. The number of aromatic nitrogens is 2. The number of fused-ring (bicyclic) bond motifs is 2. The molecule has 4 aromatic rings. The number of nitrogens with two attached hydrogens (primary N) is 4. The molecule has 23 heteroatoms. The van der Waals surface area contributed by atoms with Crippen LogP contribution < -0.4 is 32.4 Å². The normalized spacial score (nSPS) is 17.6. The van der Waals surface area contributed by atoms with E-state index in [0.29, 0.717) is 96.4 Å². The Kier molecular flexibility index (Phi) is 13.2. The van der Waals surface area contributed by atoms with Gasteiger partial charge in [0.05, 0.1) is 33.0 Å². The number of ether oxygens (including phenoxy) is 1. The molecule has 0 atom stereocenters. The fraction of sp³-hybridized carbons (Fsp3) is 0.389. The molecule has 0 spiro atoms. The Balaban J connectivity index is 0.000000201. The molecule has 18 nitrogen and oxygen atoms in total. The molecule has 3 aliphatic rings. The van der Waals surface area contributed by atoms with Crippen molar-refractivity contribution in [1.82, 2.24) is 24.3 Å². The summed E-state index contributed by atoms with van der Waals surface area (Å²) in [5, 5.41) is 1.77. The van der Waals surface area contributed by atoms with Gasteiger partial charge >= 0.3 is 0 Å². The second-order valence-electron chi connectivity index (χ2n) is 14.3. The number of nitrogens with zero attached hydrogens (tertiary/aromatic N) is 5. The van der Waals surface area contributed by atoms with Crippen LogP contribution in [0.3, 0.4) is 0 Å². The number of halogens is 3. The lowest BCUT2D eigenvalue weighted by Gasteiger charge is -2.36. The predicted molar refractivity (Wildman–Crippen MR) is 226 cm³/mol. The first-order valence-electron chi connectivity index (χ1n) is 18.4. The average Bonchev–Trinajstić information content (AvgIpc) is 3.88. The molecule has 2 aliphatic carbocycles. The van der Waals surface area contributed by atoms with Crippen LogP contribution in [0.4, 0.5) is 11.6 Å². The van der Waals surface area contributed by atoms with Crippen LogP contribution in [0.1, 0.15) is 51.4 Å². The number of benzene rings is 2. The zero-order chi connectivity index (χ0) is 42.8. The molecule has 2 aromatic carbocycles. The minimum absolute atomic E-state index is 0.0258. The van der Waals surface area contributed by atoms with Gasteiger partial charge in [-0.15, -0.1) is 0 Å². The summed E-state index contributed by atoms with van der Waals surface area (Å²) in [6, 6.07) is 8.71. The lowest BCUT2D eigenvalue weighted by atomic mass is 9.97. The van der Waals surface area contributed by atoms with Gasteiger partial charge in [0.15, 0.2) is 23.6 Å². The first-order valence-corrected chi connectivity index (χ1v) is 22.5. The minimum atomic E-state index is -4.05. The summed E-state index contributed by atoms with van der Waals surface area (Å²) >= 11 is 18.0. The van der Waals surface area contributed by atoms with Crippen LogP contribution in [0.15, 0.2) is 68.6 Å². The van der Waals surface area contributed by atoms with Gasteiger partial charge in [0, 0.05) is 47.0 Å². The van der Waals surface area contributed by atoms with E-state index in [2.05, 4.69) is 29.4 Å². The molecule has 0 unspecified atom stereocenters. The van der Waals surface area contributed by atoms with Crippen LogP contribution in [0.5, 0.6) is 0 Å². The van der Waals surface area contributed by atoms with Crippen molar-refractivity contribution in [2.75, 3.05) is 26.3 Å². The summed E-state index contributed by atoms with van der Waals surface area (Å²) in [5.74, 6) is -0.353.